The van der Waals surface area contributed by atoms with Gasteiger partial charge in [0.05, 0.1) is 20.1 Å². The Morgan fingerprint density at radius 1 is 1.38 bits per heavy atom. The molecule has 0 aliphatic heterocycles. The highest BCUT2D eigenvalue weighted by atomic mass is 32.2. The minimum Gasteiger partial charge on any atom is -0.495 e. The highest BCUT2D eigenvalue weighted by Crippen LogP contribution is 2.28. The van der Waals surface area contributed by atoms with Gasteiger partial charge in [0.1, 0.15) is 10.6 Å². The molecule has 0 aromatic heterocycles. The highest BCUT2D eigenvalue weighted by molar-refractivity contribution is 7.89. The molecule has 1 aromatic rings. The summed E-state index contributed by atoms with van der Waals surface area (Å²) >= 11 is 0. The van der Waals surface area contributed by atoms with Crippen LogP contribution < -0.4 is 10.5 Å². The normalized spacial score (nSPS) is 13.0. The molecule has 8 heteroatoms. The van der Waals surface area contributed by atoms with Crippen LogP contribution in [0.1, 0.15) is 6.92 Å². The molecule has 118 valence electrons. The Kier molecular flexibility index (Phi) is 5.56. The number of benzene rings is 1. The van der Waals surface area contributed by atoms with Gasteiger partial charge in [-0.1, -0.05) is 6.92 Å². The Morgan fingerprint density at radius 3 is 2.52 bits per heavy atom. The van der Waals surface area contributed by atoms with Crippen molar-refractivity contribution < 1.29 is 22.7 Å². The van der Waals surface area contributed by atoms with E-state index in [0.717, 1.165) is 4.31 Å². The van der Waals surface area contributed by atoms with Crippen LogP contribution >= 0.6 is 0 Å². The van der Waals surface area contributed by atoms with E-state index in [9.17, 15) is 13.2 Å². The molecule has 0 heterocycles. The van der Waals surface area contributed by atoms with E-state index in [1.54, 1.807) is 13.0 Å². The Balaban J connectivity index is 3.11. The van der Waals surface area contributed by atoms with Gasteiger partial charge >= 0.3 is 5.97 Å². The van der Waals surface area contributed by atoms with Gasteiger partial charge in [0.2, 0.25) is 10.0 Å². The van der Waals surface area contributed by atoms with Crippen molar-refractivity contribution in [3.05, 3.63) is 18.2 Å². The Morgan fingerprint density at radius 2 is 2.00 bits per heavy atom. The summed E-state index contributed by atoms with van der Waals surface area (Å²) in [4.78, 5) is 11.4. The maximum Gasteiger partial charge on any atom is 0.309 e. The van der Waals surface area contributed by atoms with E-state index in [1.807, 2.05) is 0 Å². The second-order valence-electron chi connectivity index (χ2n) is 4.62. The maximum absolute atomic E-state index is 12.5. The summed E-state index contributed by atoms with van der Waals surface area (Å²) in [6, 6.07) is 4.36. The molecule has 0 saturated heterocycles. The van der Waals surface area contributed by atoms with Crippen LogP contribution in [-0.4, -0.2) is 46.5 Å². The monoisotopic (exact) mass is 316 g/mol. The minimum atomic E-state index is -3.82. The second kappa shape index (κ2) is 6.77. The predicted molar refractivity (Wildman–Crippen MR) is 78.4 cm³/mol. The molecule has 1 rings (SSSR count). The van der Waals surface area contributed by atoms with E-state index in [-0.39, 0.29) is 17.2 Å². The Bertz CT molecular complexity index is 615. The van der Waals surface area contributed by atoms with Crippen molar-refractivity contribution in [2.75, 3.05) is 33.5 Å². The molecule has 1 atom stereocenters. The molecule has 1 aromatic carbocycles. The number of carbonyl (C=O) groups excluding carboxylic acids is 1. The molecule has 2 N–H and O–H groups in total. The predicted octanol–water partition coefficient (Wildman–Crippen LogP) is 0.707. The highest BCUT2D eigenvalue weighted by Gasteiger charge is 2.28. The summed E-state index contributed by atoms with van der Waals surface area (Å²) in [7, 11) is 0.201. The van der Waals surface area contributed by atoms with Crippen LogP contribution in [-0.2, 0) is 19.6 Å². The molecule has 0 aliphatic carbocycles. The van der Waals surface area contributed by atoms with E-state index in [4.69, 9.17) is 10.5 Å². The van der Waals surface area contributed by atoms with E-state index in [2.05, 4.69) is 4.74 Å². The molecule has 0 radical (unpaired) electrons. The minimum absolute atomic E-state index is 0.00698. The molecule has 0 saturated carbocycles. The van der Waals surface area contributed by atoms with E-state index in [1.165, 1.54) is 33.4 Å². The van der Waals surface area contributed by atoms with Gasteiger partial charge < -0.3 is 15.2 Å². The van der Waals surface area contributed by atoms with Crippen molar-refractivity contribution >= 4 is 21.7 Å². The number of sulfonamides is 1. The first-order valence-corrected chi connectivity index (χ1v) is 7.65. The van der Waals surface area contributed by atoms with Crippen LogP contribution in [0.5, 0.6) is 5.75 Å². The topological polar surface area (TPSA) is 98.9 Å². The molecule has 7 nitrogen and oxygen atoms in total. The first-order chi connectivity index (χ1) is 9.73. The number of carbonyl (C=O) groups is 1. The van der Waals surface area contributed by atoms with Gasteiger partial charge in [-0.3, -0.25) is 4.79 Å². The second-order valence-corrected chi connectivity index (χ2v) is 6.63. The van der Waals surface area contributed by atoms with Crippen molar-refractivity contribution in [1.29, 1.82) is 0 Å². The molecule has 0 aliphatic rings. The molecular weight excluding hydrogens is 296 g/mol. The summed E-state index contributed by atoms with van der Waals surface area (Å²) in [5, 5.41) is 0. The maximum atomic E-state index is 12.5. The van der Waals surface area contributed by atoms with Crippen molar-refractivity contribution in [3.8, 4) is 5.75 Å². The number of anilines is 1. The Hall–Kier alpha value is -1.80. The van der Waals surface area contributed by atoms with Gasteiger partial charge in [0.25, 0.3) is 0 Å². The number of hydrogen-bond donors (Lipinski definition) is 1. The third-order valence-electron chi connectivity index (χ3n) is 3.01. The lowest BCUT2D eigenvalue weighted by Gasteiger charge is -2.21. The van der Waals surface area contributed by atoms with Gasteiger partial charge in [0.15, 0.2) is 0 Å². The Labute approximate surface area is 124 Å². The molecule has 0 bridgehead atoms. The SMILES string of the molecule is COC(=O)C(C)CN(C)S(=O)(=O)c1cc(N)ccc1OC. The summed E-state index contributed by atoms with van der Waals surface area (Å²) in [6.45, 7) is 1.58. The van der Waals surface area contributed by atoms with Crippen LogP contribution in [0.4, 0.5) is 5.69 Å². The van der Waals surface area contributed by atoms with Gasteiger partial charge in [-0.25, -0.2) is 8.42 Å². The number of nitrogen functional groups attached to an aromatic ring is 1. The fourth-order valence-electron chi connectivity index (χ4n) is 1.82. The first kappa shape index (κ1) is 17.3. The standard InChI is InChI=1S/C13H20N2O5S/c1-9(13(16)20-4)8-15(2)21(17,18)12-7-10(14)5-6-11(12)19-3/h5-7,9H,8,14H2,1-4H3. The van der Waals surface area contributed by atoms with E-state index < -0.39 is 21.9 Å². The molecule has 0 amide bonds. The van der Waals surface area contributed by atoms with Gasteiger partial charge in [0, 0.05) is 19.3 Å². The van der Waals surface area contributed by atoms with Gasteiger partial charge in [-0.15, -0.1) is 0 Å². The fraction of sp³-hybridized carbons (Fsp3) is 0.462. The average Bonchev–Trinajstić information content (AvgIpc) is 2.45. The average molecular weight is 316 g/mol. The molecular formula is C13H20N2O5S. The number of ether oxygens (including phenoxy) is 2. The number of hydrogen-bond acceptors (Lipinski definition) is 6. The summed E-state index contributed by atoms with van der Waals surface area (Å²) in [5.41, 5.74) is 5.95. The van der Waals surface area contributed by atoms with Crippen molar-refractivity contribution in [2.45, 2.75) is 11.8 Å². The molecule has 21 heavy (non-hydrogen) atoms. The summed E-state index contributed by atoms with van der Waals surface area (Å²) in [6.07, 6.45) is 0. The number of nitrogens with zero attached hydrogens (tertiary/aromatic N) is 1. The smallest absolute Gasteiger partial charge is 0.309 e. The van der Waals surface area contributed by atoms with Crippen LogP contribution in [0.25, 0.3) is 0 Å². The zero-order chi connectivity index (χ0) is 16.2. The largest absolute Gasteiger partial charge is 0.495 e. The lowest BCUT2D eigenvalue weighted by atomic mass is 10.2. The van der Waals surface area contributed by atoms with Gasteiger partial charge in [-0.05, 0) is 18.2 Å². The van der Waals surface area contributed by atoms with Crippen LogP contribution in [0.3, 0.4) is 0 Å². The molecule has 0 fully saturated rings. The third kappa shape index (κ3) is 3.85. The van der Waals surface area contributed by atoms with Crippen LogP contribution in [0.2, 0.25) is 0 Å². The lowest BCUT2D eigenvalue weighted by Crippen LogP contribution is -2.34. The first-order valence-electron chi connectivity index (χ1n) is 6.21. The van der Waals surface area contributed by atoms with Crippen LogP contribution in [0.15, 0.2) is 23.1 Å². The van der Waals surface area contributed by atoms with E-state index in [0.29, 0.717) is 5.69 Å². The van der Waals surface area contributed by atoms with Crippen molar-refractivity contribution in [1.82, 2.24) is 4.31 Å². The zero-order valence-electron chi connectivity index (χ0n) is 12.5. The third-order valence-corrected chi connectivity index (χ3v) is 4.85. The lowest BCUT2D eigenvalue weighted by molar-refractivity contribution is -0.144. The van der Waals surface area contributed by atoms with E-state index >= 15 is 0 Å². The number of nitrogens with two attached hydrogens (primary N) is 1. The fourth-order valence-corrected chi connectivity index (χ4v) is 3.27. The number of methoxy groups -OCH3 is 2. The van der Waals surface area contributed by atoms with Crippen molar-refractivity contribution in [3.63, 3.8) is 0 Å². The number of esters is 1. The molecule has 0 spiro atoms. The summed E-state index contributed by atoms with van der Waals surface area (Å²) in [5.74, 6) is -0.861. The zero-order valence-corrected chi connectivity index (χ0v) is 13.3. The quantitative estimate of drug-likeness (QED) is 0.613. The van der Waals surface area contributed by atoms with Gasteiger partial charge in [-0.2, -0.15) is 4.31 Å². The van der Waals surface area contributed by atoms with Crippen molar-refractivity contribution in [2.24, 2.45) is 5.92 Å². The molecule has 1 unspecified atom stereocenters. The van der Waals surface area contributed by atoms with Crippen LogP contribution in [0, 0.1) is 5.92 Å². The number of rotatable bonds is 6. The summed E-state index contributed by atoms with van der Waals surface area (Å²) < 4.78 is 35.8.